The van der Waals surface area contributed by atoms with E-state index in [0.717, 1.165) is 17.3 Å². The van der Waals surface area contributed by atoms with Crippen molar-refractivity contribution < 1.29 is 23.9 Å². The maximum absolute atomic E-state index is 12.9. The minimum absolute atomic E-state index is 0.117. The van der Waals surface area contributed by atoms with Crippen LogP contribution in [0, 0.1) is 0 Å². The van der Waals surface area contributed by atoms with Crippen molar-refractivity contribution in [3.8, 4) is 0 Å². The molecule has 0 spiro atoms. The van der Waals surface area contributed by atoms with E-state index in [9.17, 15) is 19.2 Å². The normalized spacial score (nSPS) is 26.8. The second kappa shape index (κ2) is 10.0. The molecule has 0 aromatic heterocycles. The molecule has 2 saturated heterocycles. The summed E-state index contributed by atoms with van der Waals surface area (Å²) in [5.41, 5.74) is 0.823. The number of amides is 2. The van der Waals surface area contributed by atoms with Gasteiger partial charge in [0, 0.05) is 12.7 Å². The molecular weight excluding hydrogens is 519 g/mol. The molecule has 7 nitrogen and oxygen atoms in total. The van der Waals surface area contributed by atoms with Gasteiger partial charge in [0.1, 0.15) is 24.1 Å². The van der Waals surface area contributed by atoms with E-state index in [4.69, 9.17) is 39.5 Å². The van der Waals surface area contributed by atoms with E-state index in [2.05, 4.69) is 5.32 Å². The van der Waals surface area contributed by atoms with E-state index >= 15 is 0 Å². The number of benzene rings is 1. The van der Waals surface area contributed by atoms with E-state index in [-0.39, 0.29) is 23.2 Å². The Labute approximate surface area is 209 Å². The first-order chi connectivity index (χ1) is 14.9. The number of hydrogen-bond acceptors (Lipinski definition) is 7. The van der Waals surface area contributed by atoms with Gasteiger partial charge in [0.05, 0.1) is 11.2 Å². The zero-order chi connectivity index (χ0) is 23.7. The van der Waals surface area contributed by atoms with Gasteiger partial charge in [-0.2, -0.15) is 0 Å². The number of alkyl halides is 3. The van der Waals surface area contributed by atoms with E-state index in [1.165, 1.54) is 23.6 Å². The number of β-lactam (4-membered cyclic amide) rings is 1. The Hall–Kier alpha value is -1.13. The SMILES string of the molecule is CC(=O)SCC1(C)S[C@@H]2C(NC(=O)Cc3ccccc3)C(=O)N2C1C(=O)OCC(Cl)(Cl)Cl. The second-order valence-corrected chi connectivity index (χ2v) is 13.0. The van der Waals surface area contributed by atoms with Crippen LogP contribution in [-0.4, -0.2) is 66.2 Å². The molecule has 2 heterocycles. The fourth-order valence-corrected chi connectivity index (χ4v) is 6.42. The van der Waals surface area contributed by atoms with Crippen LogP contribution in [0.3, 0.4) is 0 Å². The minimum atomic E-state index is -1.79. The van der Waals surface area contributed by atoms with Crippen LogP contribution in [0.4, 0.5) is 0 Å². The minimum Gasteiger partial charge on any atom is -0.460 e. The van der Waals surface area contributed by atoms with E-state index in [1.54, 1.807) is 6.92 Å². The lowest BCUT2D eigenvalue weighted by molar-refractivity contribution is -0.164. The number of carbonyl (C=O) groups is 4. The summed E-state index contributed by atoms with van der Waals surface area (Å²) in [6, 6.07) is 7.41. The third-order valence-electron chi connectivity index (χ3n) is 5.01. The molecule has 32 heavy (non-hydrogen) atoms. The summed E-state index contributed by atoms with van der Waals surface area (Å²) in [4.78, 5) is 51.2. The molecule has 2 aliphatic heterocycles. The zero-order valence-electron chi connectivity index (χ0n) is 17.2. The fourth-order valence-electron chi connectivity index (χ4n) is 3.61. The summed E-state index contributed by atoms with van der Waals surface area (Å²) in [5, 5.41) is 2.18. The van der Waals surface area contributed by atoms with Gasteiger partial charge in [-0.25, -0.2) is 4.79 Å². The maximum Gasteiger partial charge on any atom is 0.330 e. The molecule has 3 rings (SSSR count). The summed E-state index contributed by atoms with van der Waals surface area (Å²) < 4.78 is 2.54. The molecule has 2 amide bonds. The number of rotatable bonds is 7. The Balaban J connectivity index is 1.73. The van der Waals surface area contributed by atoms with E-state index < -0.39 is 44.5 Å². The number of halogens is 3. The third kappa shape index (κ3) is 5.86. The smallest absolute Gasteiger partial charge is 0.330 e. The lowest BCUT2D eigenvalue weighted by Crippen LogP contribution is -2.71. The van der Waals surface area contributed by atoms with Crippen molar-refractivity contribution in [2.45, 2.75) is 46.3 Å². The van der Waals surface area contributed by atoms with Crippen LogP contribution in [0.15, 0.2) is 30.3 Å². The van der Waals surface area contributed by atoms with Gasteiger partial charge >= 0.3 is 5.97 Å². The van der Waals surface area contributed by atoms with Crippen LogP contribution in [0.2, 0.25) is 0 Å². The molecule has 1 aromatic carbocycles. The number of carbonyl (C=O) groups excluding carboxylic acids is 4. The third-order valence-corrected chi connectivity index (χ3v) is 8.32. The molecule has 12 heteroatoms. The zero-order valence-corrected chi connectivity index (χ0v) is 21.1. The molecule has 0 saturated carbocycles. The van der Waals surface area contributed by atoms with Gasteiger partial charge in [-0.1, -0.05) is 76.9 Å². The molecule has 2 aliphatic rings. The number of nitrogens with one attached hydrogen (secondary N) is 1. The van der Waals surface area contributed by atoms with Gasteiger partial charge in [0.25, 0.3) is 0 Å². The summed E-state index contributed by atoms with van der Waals surface area (Å²) in [5.74, 6) is -1.14. The second-order valence-electron chi connectivity index (χ2n) is 7.68. The van der Waals surface area contributed by atoms with Gasteiger partial charge in [-0.05, 0) is 12.5 Å². The quantitative estimate of drug-likeness (QED) is 0.323. The summed E-state index contributed by atoms with van der Waals surface area (Å²) in [6.07, 6.45) is 0.133. The predicted octanol–water partition coefficient (Wildman–Crippen LogP) is 2.95. The van der Waals surface area contributed by atoms with Crippen molar-refractivity contribution >= 4 is 81.2 Å². The number of nitrogens with zero attached hydrogens (tertiary/aromatic N) is 1. The van der Waals surface area contributed by atoms with Crippen LogP contribution in [0.25, 0.3) is 0 Å². The molecule has 3 unspecified atom stereocenters. The Bertz CT molecular complexity index is 914. The molecule has 2 fully saturated rings. The van der Waals surface area contributed by atoms with Crippen LogP contribution in [-0.2, 0) is 30.3 Å². The molecule has 1 aromatic rings. The first kappa shape index (κ1) is 25.5. The predicted molar refractivity (Wildman–Crippen MR) is 127 cm³/mol. The highest BCUT2D eigenvalue weighted by Gasteiger charge is 2.66. The summed E-state index contributed by atoms with van der Waals surface area (Å²) >= 11 is 19.5. The molecule has 1 N–H and O–H groups in total. The van der Waals surface area contributed by atoms with Crippen molar-refractivity contribution in [1.82, 2.24) is 10.2 Å². The number of thioether (sulfide) groups is 2. The summed E-state index contributed by atoms with van der Waals surface area (Å²) in [6.45, 7) is 2.73. The van der Waals surface area contributed by atoms with Crippen LogP contribution < -0.4 is 5.32 Å². The van der Waals surface area contributed by atoms with E-state index in [1.807, 2.05) is 30.3 Å². The van der Waals surface area contributed by atoms with Crippen molar-refractivity contribution in [3.63, 3.8) is 0 Å². The maximum atomic E-state index is 12.9. The van der Waals surface area contributed by atoms with E-state index in [0.29, 0.717) is 0 Å². The van der Waals surface area contributed by atoms with Crippen molar-refractivity contribution in [2.75, 3.05) is 12.4 Å². The highest BCUT2D eigenvalue weighted by Crippen LogP contribution is 2.52. The number of esters is 1. The van der Waals surface area contributed by atoms with Crippen molar-refractivity contribution in [2.24, 2.45) is 0 Å². The molecule has 4 atom stereocenters. The van der Waals surface area contributed by atoms with Crippen LogP contribution in [0.1, 0.15) is 19.4 Å². The molecule has 0 bridgehead atoms. The number of ether oxygens (including phenoxy) is 1. The fraction of sp³-hybridized carbons (Fsp3) is 0.500. The van der Waals surface area contributed by atoms with Gasteiger partial charge in [-0.3, -0.25) is 14.4 Å². The Morgan fingerprint density at radius 2 is 1.91 bits per heavy atom. The average molecular weight is 540 g/mol. The highest BCUT2D eigenvalue weighted by atomic mass is 35.6. The van der Waals surface area contributed by atoms with Gasteiger partial charge in [-0.15, -0.1) is 11.8 Å². The molecular formula is C20H21Cl3N2O5S2. The Morgan fingerprint density at radius 1 is 1.25 bits per heavy atom. The van der Waals surface area contributed by atoms with Gasteiger partial charge < -0.3 is 15.0 Å². The Morgan fingerprint density at radius 3 is 2.50 bits per heavy atom. The van der Waals surface area contributed by atoms with Gasteiger partial charge in [0.2, 0.25) is 15.6 Å². The standard InChI is InChI=1S/C20H21Cl3N2O5S2/c1-11(26)31-10-19(2)15(18(29)30-9-20(21,22)23)25-16(28)14(17(25)32-19)24-13(27)8-12-6-4-3-5-7-12/h3-7,14-15,17H,8-10H2,1-2H3,(H,24,27)/t14?,15?,17-,19?/m1/s1. The monoisotopic (exact) mass is 538 g/mol. The van der Waals surface area contributed by atoms with Crippen LogP contribution >= 0.6 is 58.3 Å². The number of hydrogen-bond donors (Lipinski definition) is 1. The molecule has 0 radical (unpaired) electrons. The lowest BCUT2D eigenvalue weighted by atomic mass is 9.95. The first-order valence-electron chi connectivity index (χ1n) is 9.61. The van der Waals surface area contributed by atoms with Crippen LogP contribution in [0.5, 0.6) is 0 Å². The average Bonchev–Trinajstić information content (AvgIpc) is 2.99. The number of fused-ring (bicyclic) bond motifs is 1. The largest absolute Gasteiger partial charge is 0.460 e. The first-order valence-corrected chi connectivity index (χ1v) is 12.6. The summed E-state index contributed by atoms with van der Waals surface area (Å²) in [7, 11) is 0. The molecule has 174 valence electrons. The lowest BCUT2D eigenvalue weighted by Gasteiger charge is -2.44. The highest BCUT2D eigenvalue weighted by molar-refractivity contribution is 8.14. The van der Waals surface area contributed by atoms with Crippen molar-refractivity contribution in [1.29, 1.82) is 0 Å². The Kier molecular flexibility index (Phi) is 7.97. The topological polar surface area (TPSA) is 92.8 Å². The van der Waals surface area contributed by atoms with Crippen molar-refractivity contribution in [3.05, 3.63) is 35.9 Å². The van der Waals surface area contributed by atoms with Gasteiger partial charge in [0.15, 0.2) is 5.12 Å². The molecule has 0 aliphatic carbocycles.